The zero-order valence-corrected chi connectivity index (χ0v) is 17.9. The van der Waals surface area contributed by atoms with E-state index in [1.54, 1.807) is 4.68 Å². The third kappa shape index (κ3) is 5.16. The topological polar surface area (TPSA) is 59.8 Å². The van der Waals surface area contributed by atoms with E-state index in [2.05, 4.69) is 16.9 Å². The molecule has 1 aliphatic rings. The maximum atomic E-state index is 13.6. The molecule has 0 bridgehead atoms. The number of hydrogen-bond donors (Lipinski definition) is 0. The molecule has 2 atom stereocenters. The van der Waals surface area contributed by atoms with Crippen LogP contribution in [-0.2, 0) is 11.8 Å². The van der Waals surface area contributed by atoms with Gasteiger partial charge in [0.25, 0.3) is 5.91 Å². The fraction of sp³-hybridized carbons (Fsp3) is 0.545. The number of carbonyl (C=O) groups is 1. The van der Waals surface area contributed by atoms with E-state index in [-0.39, 0.29) is 18.1 Å². The molecule has 2 heterocycles. The summed E-state index contributed by atoms with van der Waals surface area (Å²) < 4.78 is 13.8. The van der Waals surface area contributed by atoms with Gasteiger partial charge in [0.2, 0.25) is 0 Å². The maximum Gasteiger partial charge on any atom is 0.258 e. The smallest absolute Gasteiger partial charge is 0.258 e. The van der Waals surface area contributed by atoms with Crippen LogP contribution >= 0.6 is 0 Å². The molecule has 158 valence electrons. The fourth-order valence-corrected chi connectivity index (χ4v) is 3.71. The van der Waals surface area contributed by atoms with Gasteiger partial charge in [-0.15, -0.1) is 0 Å². The lowest BCUT2D eigenvalue weighted by molar-refractivity contribution is -0.0685. The van der Waals surface area contributed by atoms with E-state index in [1.165, 1.54) is 0 Å². The molecule has 7 nitrogen and oxygen atoms in total. The Bertz CT molecular complexity index is 805. The van der Waals surface area contributed by atoms with Crippen molar-refractivity contribution < 1.29 is 14.3 Å². The normalized spacial score (nSPS) is 19.6. The molecule has 1 fully saturated rings. The average Bonchev–Trinajstić information content (AvgIpc) is 3.13. The third-order valence-electron chi connectivity index (χ3n) is 5.10. The first kappa shape index (κ1) is 21.3. The Morgan fingerprint density at radius 3 is 2.83 bits per heavy atom. The van der Waals surface area contributed by atoms with E-state index in [1.807, 2.05) is 62.7 Å². The van der Waals surface area contributed by atoms with Gasteiger partial charge < -0.3 is 19.3 Å². The molecule has 29 heavy (non-hydrogen) atoms. The van der Waals surface area contributed by atoms with Crippen molar-refractivity contribution in [3.63, 3.8) is 0 Å². The highest BCUT2D eigenvalue weighted by atomic mass is 16.5. The summed E-state index contributed by atoms with van der Waals surface area (Å²) in [4.78, 5) is 17.6. The maximum absolute atomic E-state index is 13.6. The van der Waals surface area contributed by atoms with E-state index in [4.69, 9.17) is 9.47 Å². The number of hydrogen-bond acceptors (Lipinski definition) is 5. The van der Waals surface area contributed by atoms with Gasteiger partial charge in [-0.05, 0) is 32.6 Å². The number of carbonyl (C=O) groups excluding carboxylic acids is 1. The van der Waals surface area contributed by atoms with Crippen LogP contribution in [0.15, 0.2) is 36.7 Å². The number of ether oxygens (including phenoxy) is 2. The van der Waals surface area contributed by atoms with Gasteiger partial charge in [0.1, 0.15) is 5.75 Å². The van der Waals surface area contributed by atoms with Gasteiger partial charge in [-0.1, -0.05) is 25.5 Å². The SMILES string of the molecule is CCCCOc1ccccc1C(=O)N1CCO[C@@H](CN(C)C)[C@@H]1c1cnn(C)c1. The predicted molar refractivity (Wildman–Crippen MR) is 112 cm³/mol. The summed E-state index contributed by atoms with van der Waals surface area (Å²) >= 11 is 0. The second-order valence-corrected chi connectivity index (χ2v) is 7.76. The number of aromatic nitrogens is 2. The number of amides is 1. The molecule has 1 aromatic carbocycles. The van der Waals surface area contributed by atoms with Gasteiger partial charge in [0.15, 0.2) is 0 Å². The minimum absolute atomic E-state index is 0.0296. The lowest BCUT2D eigenvalue weighted by Gasteiger charge is -2.42. The Balaban J connectivity index is 1.91. The molecule has 0 radical (unpaired) electrons. The highest BCUT2D eigenvalue weighted by Crippen LogP contribution is 2.33. The van der Waals surface area contributed by atoms with Crippen molar-refractivity contribution in [3.8, 4) is 5.75 Å². The van der Waals surface area contributed by atoms with E-state index in [9.17, 15) is 4.79 Å². The minimum atomic E-state index is -0.198. The highest BCUT2D eigenvalue weighted by molar-refractivity contribution is 5.97. The van der Waals surface area contributed by atoms with Crippen molar-refractivity contribution in [2.24, 2.45) is 7.05 Å². The molecule has 0 spiro atoms. The van der Waals surface area contributed by atoms with Crippen LogP contribution < -0.4 is 4.74 Å². The van der Waals surface area contributed by atoms with Crippen LogP contribution in [0, 0.1) is 0 Å². The van der Waals surface area contributed by atoms with Gasteiger partial charge in [-0.2, -0.15) is 5.10 Å². The quantitative estimate of drug-likeness (QED) is 0.638. The Morgan fingerprint density at radius 2 is 2.14 bits per heavy atom. The molecule has 0 saturated carbocycles. The second-order valence-electron chi connectivity index (χ2n) is 7.76. The predicted octanol–water partition coefficient (Wildman–Crippen LogP) is 2.74. The van der Waals surface area contributed by atoms with Crippen LogP contribution in [-0.4, -0.2) is 72.0 Å². The standard InChI is InChI=1S/C22H32N4O3/c1-5-6-12-28-19-10-8-7-9-18(19)22(27)26-11-13-29-20(16-24(2)3)21(26)17-14-23-25(4)15-17/h7-10,14-15,20-21H,5-6,11-13,16H2,1-4H3/t20-,21-/m0/s1. The van der Waals surface area contributed by atoms with E-state index in [0.717, 1.165) is 24.9 Å². The molecule has 1 aromatic heterocycles. The van der Waals surface area contributed by atoms with Crippen molar-refractivity contribution >= 4 is 5.91 Å². The Hall–Kier alpha value is -2.38. The first-order chi connectivity index (χ1) is 14.0. The molecule has 0 unspecified atom stereocenters. The van der Waals surface area contributed by atoms with Crippen LogP contribution in [0.2, 0.25) is 0 Å². The molecule has 2 aromatic rings. The number of benzene rings is 1. The van der Waals surface area contributed by atoms with Crippen molar-refractivity contribution in [3.05, 3.63) is 47.8 Å². The number of rotatable bonds is 8. The number of likely N-dealkylation sites (N-methyl/N-ethyl adjacent to an activating group) is 1. The van der Waals surface area contributed by atoms with Gasteiger partial charge in [-0.25, -0.2) is 0 Å². The van der Waals surface area contributed by atoms with Gasteiger partial charge >= 0.3 is 0 Å². The molecular weight excluding hydrogens is 368 g/mol. The van der Waals surface area contributed by atoms with Crippen LogP contribution in [0.3, 0.4) is 0 Å². The number of para-hydroxylation sites is 1. The fourth-order valence-electron chi connectivity index (χ4n) is 3.71. The van der Waals surface area contributed by atoms with Crippen LogP contribution in [0.5, 0.6) is 5.75 Å². The number of unbranched alkanes of at least 4 members (excludes halogenated alkanes) is 1. The summed E-state index contributed by atoms with van der Waals surface area (Å²) in [5.41, 5.74) is 1.58. The highest BCUT2D eigenvalue weighted by Gasteiger charge is 2.38. The van der Waals surface area contributed by atoms with Gasteiger partial charge in [-0.3, -0.25) is 9.48 Å². The van der Waals surface area contributed by atoms with Crippen LogP contribution in [0.4, 0.5) is 0 Å². The minimum Gasteiger partial charge on any atom is -0.493 e. The molecule has 1 aliphatic heterocycles. The average molecular weight is 401 g/mol. The van der Waals surface area contributed by atoms with Crippen LogP contribution in [0.25, 0.3) is 0 Å². The monoisotopic (exact) mass is 400 g/mol. The lowest BCUT2D eigenvalue weighted by Crippen LogP contribution is -2.51. The summed E-state index contributed by atoms with van der Waals surface area (Å²) in [6, 6.07) is 7.32. The molecule has 0 aliphatic carbocycles. The molecule has 7 heteroatoms. The Labute approximate surface area is 173 Å². The molecule has 1 amide bonds. The van der Waals surface area contributed by atoms with E-state index >= 15 is 0 Å². The molecule has 0 N–H and O–H groups in total. The summed E-state index contributed by atoms with van der Waals surface area (Å²) in [5, 5.41) is 4.32. The zero-order chi connectivity index (χ0) is 20.8. The largest absolute Gasteiger partial charge is 0.493 e. The Kier molecular flexibility index (Phi) is 7.28. The second kappa shape index (κ2) is 9.89. The molecule has 3 rings (SSSR count). The first-order valence-corrected chi connectivity index (χ1v) is 10.3. The summed E-state index contributed by atoms with van der Waals surface area (Å²) in [5.74, 6) is 0.615. The third-order valence-corrected chi connectivity index (χ3v) is 5.10. The number of nitrogens with zero attached hydrogens (tertiary/aromatic N) is 4. The molecule has 1 saturated heterocycles. The van der Waals surface area contributed by atoms with Gasteiger partial charge in [0.05, 0.1) is 37.1 Å². The van der Waals surface area contributed by atoms with Crippen molar-refractivity contribution in [1.82, 2.24) is 19.6 Å². The molecular formula is C22H32N4O3. The first-order valence-electron chi connectivity index (χ1n) is 10.3. The number of aryl methyl sites for hydroxylation is 1. The summed E-state index contributed by atoms with van der Waals surface area (Å²) in [7, 11) is 5.92. The van der Waals surface area contributed by atoms with Crippen LogP contribution in [0.1, 0.15) is 41.7 Å². The van der Waals surface area contributed by atoms with Crippen molar-refractivity contribution in [1.29, 1.82) is 0 Å². The van der Waals surface area contributed by atoms with E-state index in [0.29, 0.717) is 31.1 Å². The zero-order valence-electron chi connectivity index (χ0n) is 17.9. The Morgan fingerprint density at radius 1 is 1.34 bits per heavy atom. The summed E-state index contributed by atoms with van der Waals surface area (Å²) in [6.45, 7) is 4.50. The lowest BCUT2D eigenvalue weighted by atomic mass is 9.99. The van der Waals surface area contributed by atoms with Crippen molar-refractivity contribution in [2.45, 2.75) is 31.9 Å². The van der Waals surface area contributed by atoms with E-state index < -0.39 is 0 Å². The van der Waals surface area contributed by atoms with Gasteiger partial charge in [0, 0.05) is 31.9 Å². The van der Waals surface area contributed by atoms with Crippen molar-refractivity contribution in [2.75, 3.05) is 40.4 Å². The number of morpholine rings is 1. The summed E-state index contributed by atoms with van der Waals surface area (Å²) in [6.07, 6.45) is 5.68.